The molecule has 1 saturated carbocycles. The van der Waals surface area contributed by atoms with E-state index in [0.29, 0.717) is 6.04 Å². The molecule has 1 amide bonds. The molecule has 2 heterocycles. The summed E-state index contributed by atoms with van der Waals surface area (Å²) in [5.41, 5.74) is 0. The van der Waals surface area contributed by atoms with E-state index in [1.54, 1.807) is 0 Å². The molecule has 0 radical (unpaired) electrons. The fraction of sp³-hybridized carbons (Fsp3) is 0.929. The van der Waals surface area contributed by atoms with Crippen molar-refractivity contribution in [1.29, 1.82) is 0 Å². The smallest absolute Gasteiger partial charge is 0.237 e. The van der Waals surface area contributed by atoms with E-state index in [4.69, 9.17) is 0 Å². The molecule has 3 aliphatic rings. The van der Waals surface area contributed by atoms with E-state index in [9.17, 15) is 4.79 Å². The van der Waals surface area contributed by atoms with Crippen LogP contribution >= 0.6 is 0 Å². The number of nitrogens with one attached hydrogen (secondary N) is 2. The predicted octanol–water partition coefficient (Wildman–Crippen LogP) is 0.871. The first-order valence-electron chi connectivity index (χ1n) is 7.61. The number of hydrogen-bond donors (Lipinski definition) is 2. The van der Waals surface area contributed by atoms with Gasteiger partial charge in [0.25, 0.3) is 0 Å². The van der Waals surface area contributed by atoms with Gasteiger partial charge in [-0.25, -0.2) is 0 Å². The van der Waals surface area contributed by atoms with Gasteiger partial charge in [0, 0.05) is 25.2 Å². The van der Waals surface area contributed by atoms with Crippen molar-refractivity contribution >= 4 is 5.91 Å². The Labute approximate surface area is 109 Å². The highest BCUT2D eigenvalue weighted by atomic mass is 16.2. The first-order chi connectivity index (χ1) is 8.83. The van der Waals surface area contributed by atoms with Crippen LogP contribution in [0, 0.1) is 0 Å². The SMILES string of the molecule is O=C(NC1CCN(C2CC2)CC1)[C@@H]1CCCCN1. The molecule has 0 aromatic rings. The van der Waals surface area contributed by atoms with Gasteiger partial charge in [0.15, 0.2) is 0 Å². The van der Waals surface area contributed by atoms with Gasteiger partial charge in [0.2, 0.25) is 5.91 Å². The molecule has 2 aliphatic heterocycles. The van der Waals surface area contributed by atoms with Crippen LogP contribution in [0.1, 0.15) is 44.9 Å². The first kappa shape index (κ1) is 12.4. The molecule has 18 heavy (non-hydrogen) atoms. The summed E-state index contributed by atoms with van der Waals surface area (Å²) in [6.07, 6.45) is 8.46. The van der Waals surface area contributed by atoms with E-state index < -0.39 is 0 Å². The molecule has 1 atom stereocenters. The maximum absolute atomic E-state index is 12.1. The zero-order valence-electron chi connectivity index (χ0n) is 11.2. The highest BCUT2D eigenvalue weighted by Crippen LogP contribution is 2.29. The number of piperidine rings is 2. The van der Waals surface area contributed by atoms with Crippen LogP contribution in [0.15, 0.2) is 0 Å². The number of carbonyl (C=O) groups is 1. The fourth-order valence-electron chi connectivity index (χ4n) is 3.23. The summed E-state index contributed by atoms with van der Waals surface area (Å²) in [6.45, 7) is 3.35. The Balaban J connectivity index is 1.41. The van der Waals surface area contributed by atoms with E-state index in [0.717, 1.165) is 31.8 Å². The molecule has 4 nitrogen and oxygen atoms in total. The molecule has 4 heteroatoms. The largest absolute Gasteiger partial charge is 0.352 e. The van der Waals surface area contributed by atoms with Gasteiger partial charge in [-0.05, 0) is 45.1 Å². The zero-order valence-corrected chi connectivity index (χ0v) is 11.2. The number of carbonyl (C=O) groups excluding carboxylic acids is 1. The van der Waals surface area contributed by atoms with Gasteiger partial charge in [-0.3, -0.25) is 4.79 Å². The van der Waals surface area contributed by atoms with Gasteiger partial charge in [0.1, 0.15) is 0 Å². The summed E-state index contributed by atoms with van der Waals surface area (Å²) in [5.74, 6) is 0.236. The van der Waals surface area contributed by atoms with Crippen molar-refractivity contribution in [3.05, 3.63) is 0 Å². The molecule has 0 aromatic carbocycles. The molecule has 0 bridgehead atoms. The number of likely N-dealkylation sites (tertiary alicyclic amines) is 1. The quantitative estimate of drug-likeness (QED) is 0.782. The minimum absolute atomic E-state index is 0.0696. The van der Waals surface area contributed by atoms with E-state index in [1.165, 1.54) is 38.8 Å². The number of amides is 1. The summed E-state index contributed by atoms with van der Waals surface area (Å²) >= 11 is 0. The fourth-order valence-corrected chi connectivity index (χ4v) is 3.23. The molecule has 2 N–H and O–H groups in total. The highest BCUT2D eigenvalue weighted by Gasteiger charge is 2.32. The Morgan fingerprint density at radius 2 is 1.83 bits per heavy atom. The second kappa shape index (κ2) is 5.57. The number of nitrogens with zero attached hydrogens (tertiary/aromatic N) is 1. The summed E-state index contributed by atoms with van der Waals surface area (Å²) in [5, 5.41) is 6.56. The van der Waals surface area contributed by atoms with Crippen molar-refractivity contribution in [1.82, 2.24) is 15.5 Å². The molecule has 3 rings (SSSR count). The average molecular weight is 251 g/mol. The average Bonchev–Trinajstić information content (AvgIpc) is 3.25. The highest BCUT2D eigenvalue weighted by molar-refractivity contribution is 5.82. The normalized spacial score (nSPS) is 31.2. The Morgan fingerprint density at radius 3 is 2.44 bits per heavy atom. The summed E-state index contributed by atoms with van der Waals surface area (Å²) < 4.78 is 0. The molecule has 102 valence electrons. The Kier molecular flexibility index (Phi) is 3.85. The molecule has 0 unspecified atom stereocenters. The van der Waals surface area contributed by atoms with Crippen LogP contribution in [-0.2, 0) is 4.79 Å². The van der Waals surface area contributed by atoms with Gasteiger partial charge in [-0.15, -0.1) is 0 Å². The predicted molar refractivity (Wildman–Crippen MR) is 71.4 cm³/mol. The summed E-state index contributed by atoms with van der Waals surface area (Å²) in [7, 11) is 0. The molecule has 0 spiro atoms. The maximum atomic E-state index is 12.1. The van der Waals surface area contributed by atoms with Crippen molar-refractivity contribution in [2.24, 2.45) is 0 Å². The van der Waals surface area contributed by atoms with Gasteiger partial charge >= 0.3 is 0 Å². The molecule has 1 aliphatic carbocycles. The molecule has 2 saturated heterocycles. The van der Waals surface area contributed by atoms with Gasteiger partial charge in [-0.1, -0.05) is 6.42 Å². The summed E-state index contributed by atoms with van der Waals surface area (Å²) in [4.78, 5) is 14.7. The van der Waals surface area contributed by atoms with Gasteiger partial charge in [-0.2, -0.15) is 0 Å². The lowest BCUT2D eigenvalue weighted by Crippen LogP contribution is -2.52. The van der Waals surface area contributed by atoms with Crippen LogP contribution in [-0.4, -0.2) is 48.6 Å². The van der Waals surface area contributed by atoms with E-state index in [1.807, 2.05) is 0 Å². The third-order valence-electron chi connectivity index (χ3n) is 4.57. The molecule has 0 aromatic heterocycles. The topological polar surface area (TPSA) is 44.4 Å². The van der Waals surface area contributed by atoms with Crippen molar-refractivity contribution < 1.29 is 4.79 Å². The summed E-state index contributed by atoms with van der Waals surface area (Å²) in [6, 6.07) is 1.36. The van der Waals surface area contributed by atoms with Crippen LogP contribution in [0.5, 0.6) is 0 Å². The maximum Gasteiger partial charge on any atom is 0.237 e. The second-order valence-electron chi connectivity index (χ2n) is 6.05. The Bertz CT molecular complexity index is 289. The van der Waals surface area contributed by atoms with E-state index >= 15 is 0 Å². The van der Waals surface area contributed by atoms with Gasteiger partial charge < -0.3 is 15.5 Å². The monoisotopic (exact) mass is 251 g/mol. The van der Waals surface area contributed by atoms with E-state index in [2.05, 4.69) is 15.5 Å². The van der Waals surface area contributed by atoms with Crippen LogP contribution in [0.4, 0.5) is 0 Å². The third-order valence-corrected chi connectivity index (χ3v) is 4.57. The lowest BCUT2D eigenvalue weighted by molar-refractivity contribution is -0.124. The lowest BCUT2D eigenvalue weighted by atomic mass is 10.0. The first-order valence-corrected chi connectivity index (χ1v) is 7.61. The number of rotatable bonds is 3. The van der Waals surface area contributed by atoms with Crippen LogP contribution < -0.4 is 10.6 Å². The van der Waals surface area contributed by atoms with Crippen LogP contribution in [0.25, 0.3) is 0 Å². The standard InChI is InChI=1S/C14H25N3O/c18-14(13-3-1-2-8-15-13)16-11-6-9-17(10-7-11)12-4-5-12/h11-13,15H,1-10H2,(H,16,18)/t13-/m0/s1. The lowest BCUT2D eigenvalue weighted by Gasteiger charge is -2.33. The molecular weight excluding hydrogens is 226 g/mol. The minimum atomic E-state index is 0.0696. The van der Waals surface area contributed by atoms with Gasteiger partial charge in [0.05, 0.1) is 6.04 Å². The second-order valence-corrected chi connectivity index (χ2v) is 6.05. The van der Waals surface area contributed by atoms with Crippen LogP contribution in [0.2, 0.25) is 0 Å². The van der Waals surface area contributed by atoms with Crippen molar-refractivity contribution in [3.63, 3.8) is 0 Å². The Morgan fingerprint density at radius 1 is 1.06 bits per heavy atom. The van der Waals surface area contributed by atoms with Crippen LogP contribution in [0.3, 0.4) is 0 Å². The molecular formula is C14H25N3O. The van der Waals surface area contributed by atoms with Crippen molar-refractivity contribution in [2.45, 2.75) is 63.1 Å². The zero-order chi connectivity index (χ0) is 12.4. The molecule has 3 fully saturated rings. The number of hydrogen-bond acceptors (Lipinski definition) is 3. The van der Waals surface area contributed by atoms with E-state index in [-0.39, 0.29) is 11.9 Å². The Hall–Kier alpha value is -0.610. The van der Waals surface area contributed by atoms with Crippen molar-refractivity contribution in [3.8, 4) is 0 Å². The third kappa shape index (κ3) is 3.04. The minimum Gasteiger partial charge on any atom is -0.352 e. The van der Waals surface area contributed by atoms with Crippen molar-refractivity contribution in [2.75, 3.05) is 19.6 Å².